The van der Waals surface area contributed by atoms with Gasteiger partial charge in [-0.1, -0.05) is 0 Å². The van der Waals surface area contributed by atoms with Crippen LogP contribution < -0.4 is 5.32 Å². The van der Waals surface area contributed by atoms with Crippen molar-refractivity contribution in [1.82, 2.24) is 5.32 Å². The Labute approximate surface area is 106 Å². The molecule has 1 fully saturated rings. The van der Waals surface area contributed by atoms with Gasteiger partial charge >= 0.3 is 0 Å². The molecule has 1 aliphatic rings. The van der Waals surface area contributed by atoms with Gasteiger partial charge in [0.2, 0.25) is 0 Å². The minimum atomic E-state index is -0.315. The van der Waals surface area contributed by atoms with E-state index in [0.29, 0.717) is 11.1 Å². The molecular weight excluding hydrogens is 233 g/mol. The first kappa shape index (κ1) is 13.0. The quantitative estimate of drug-likeness (QED) is 0.896. The highest BCUT2D eigenvalue weighted by molar-refractivity contribution is 5.95. The van der Waals surface area contributed by atoms with Crippen molar-refractivity contribution in [2.24, 2.45) is 0 Å². The Hall–Kier alpha value is -1.42. The molecule has 4 heteroatoms. The summed E-state index contributed by atoms with van der Waals surface area (Å²) in [5, 5.41) is 2.98. The summed E-state index contributed by atoms with van der Waals surface area (Å²) in [5.41, 5.74) is 1.20. The van der Waals surface area contributed by atoms with Gasteiger partial charge in [-0.25, -0.2) is 4.39 Å². The number of nitrogens with one attached hydrogen (secondary N) is 1. The van der Waals surface area contributed by atoms with Crippen molar-refractivity contribution < 1.29 is 13.9 Å². The zero-order valence-electron chi connectivity index (χ0n) is 10.7. The maximum atomic E-state index is 13.0. The molecule has 1 saturated carbocycles. The summed E-state index contributed by atoms with van der Waals surface area (Å²) in [7, 11) is 1.69. The Morgan fingerprint density at radius 1 is 1.44 bits per heavy atom. The van der Waals surface area contributed by atoms with Crippen LogP contribution in [0.1, 0.15) is 35.2 Å². The summed E-state index contributed by atoms with van der Waals surface area (Å²) in [4.78, 5) is 12.1. The van der Waals surface area contributed by atoms with E-state index in [2.05, 4.69) is 5.32 Å². The molecule has 1 aliphatic carbocycles. The molecule has 0 saturated heterocycles. The lowest BCUT2D eigenvalue weighted by molar-refractivity contribution is 0.0914. The summed E-state index contributed by atoms with van der Waals surface area (Å²) in [5.74, 6) is -0.446. The lowest BCUT2D eigenvalue weighted by Crippen LogP contribution is -2.33. The predicted octanol–water partition coefficient (Wildman–Crippen LogP) is 2.43. The van der Waals surface area contributed by atoms with E-state index < -0.39 is 0 Å². The topological polar surface area (TPSA) is 38.3 Å². The van der Waals surface area contributed by atoms with Crippen molar-refractivity contribution >= 4 is 5.91 Å². The van der Waals surface area contributed by atoms with E-state index in [9.17, 15) is 9.18 Å². The number of amides is 1. The highest BCUT2D eigenvalue weighted by atomic mass is 19.1. The van der Waals surface area contributed by atoms with E-state index in [4.69, 9.17) is 4.74 Å². The standard InChI is InChI=1S/C14H18FNO2/c1-9-7-10(15)3-6-13(9)14(17)16-11-4-5-12(8-11)18-2/h3,6-7,11-12H,4-5,8H2,1-2H3,(H,16,17). The largest absolute Gasteiger partial charge is 0.381 e. The van der Waals surface area contributed by atoms with E-state index in [0.717, 1.165) is 19.3 Å². The van der Waals surface area contributed by atoms with Crippen molar-refractivity contribution in [3.05, 3.63) is 35.1 Å². The zero-order chi connectivity index (χ0) is 13.1. The minimum absolute atomic E-state index is 0.130. The van der Waals surface area contributed by atoms with Crippen LogP contribution in [0, 0.1) is 12.7 Å². The molecule has 2 atom stereocenters. The number of aryl methyl sites for hydroxylation is 1. The van der Waals surface area contributed by atoms with Gasteiger partial charge in [0.05, 0.1) is 6.10 Å². The van der Waals surface area contributed by atoms with Gasteiger partial charge in [-0.3, -0.25) is 4.79 Å². The van der Waals surface area contributed by atoms with Gasteiger partial charge in [-0.2, -0.15) is 0 Å². The average molecular weight is 251 g/mol. The molecule has 18 heavy (non-hydrogen) atoms. The predicted molar refractivity (Wildman–Crippen MR) is 67.0 cm³/mol. The van der Waals surface area contributed by atoms with Gasteiger partial charge in [0.15, 0.2) is 0 Å². The molecule has 3 nitrogen and oxygen atoms in total. The van der Waals surface area contributed by atoms with Crippen LogP contribution in [0.15, 0.2) is 18.2 Å². The van der Waals surface area contributed by atoms with Gasteiger partial charge < -0.3 is 10.1 Å². The SMILES string of the molecule is COC1CCC(NC(=O)c2ccc(F)cc2C)C1. The van der Waals surface area contributed by atoms with Gasteiger partial charge in [-0.15, -0.1) is 0 Å². The molecule has 0 heterocycles. The fourth-order valence-corrected chi connectivity index (χ4v) is 2.43. The number of hydrogen-bond acceptors (Lipinski definition) is 2. The van der Waals surface area contributed by atoms with E-state index in [1.807, 2.05) is 0 Å². The number of halogens is 1. The normalized spacial score (nSPS) is 23.1. The first-order valence-electron chi connectivity index (χ1n) is 6.20. The average Bonchev–Trinajstić information content (AvgIpc) is 2.76. The summed E-state index contributed by atoms with van der Waals surface area (Å²) < 4.78 is 18.2. The zero-order valence-corrected chi connectivity index (χ0v) is 10.7. The van der Waals surface area contributed by atoms with E-state index in [1.54, 1.807) is 14.0 Å². The highest BCUT2D eigenvalue weighted by Crippen LogP contribution is 2.22. The fourth-order valence-electron chi connectivity index (χ4n) is 2.43. The molecule has 1 aromatic carbocycles. The monoisotopic (exact) mass is 251 g/mol. The molecule has 0 spiro atoms. The molecule has 1 amide bonds. The lowest BCUT2D eigenvalue weighted by atomic mass is 10.1. The minimum Gasteiger partial charge on any atom is -0.381 e. The third kappa shape index (κ3) is 2.88. The summed E-state index contributed by atoms with van der Waals surface area (Å²) in [6.45, 7) is 1.74. The molecular formula is C14H18FNO2. The van der Waals surface area contributed by atoms with Crippen LogP contribution >= 0.6 is 0 Å². The first-order valence-corrected chi connectivity index (χ1v) is 6.20. The number of rotatable bonds is 3. The van der Waals surface area contributed by atoms with Crippen molar-refractivity contribution in [3.8, 4) is 0 Å². The molecule has 2 unspecified atom stereocenters. The van der Waals surface area contributed by atoms with Crippen LogP contribution in [-0.4, -0.2) is 25.2 Å². The van der Waals surface area contributed by atoms with Crippen LogP contribution in [0.5, 0.6) is 0 Å². The molecule has 2 rings (SSSR count). The third-order valence-corrected chi connectivity index (χ3v) is 3.49. The van der Waals surface area contributed by atoms with Gasteiger partial charge in [0.1, 0.15) is 5.82 Å². The second-order valence-electron chi connectivity index (χ2n) is 4.80. The van der Waals surface area contributed by atoms with Crippen LogP contribution in [0.4, 0.5) is 4.39 Å². The van der Waals surface area contributed by atoms with Crippen molar-refractivity contribution in [2.45, 2.75) is 38.3 Å². The summed E-state index contributed by atoms with van der Waals surface area (Å²) >= 11 is 0. The second-order valence-corrected chi connectivity index (χ2v) is 4.80. The molecule has 0 radical (unpaired) electrons. The Morgan fingerprint density at radius 2 is 2.22 bits per heavy atom. The molecule has 1 aromatic rings. The number of carbonyl (C=O) groups excluding carboxylic acids is 1. The number of benzene rings is 1. The summed E-state index contributed by atoms with van der Waals surface area (Å²) in [6.07, 6.45) is 3.00. The van der Waals surface area contributed by atoms with E-state index in [1.165, 1.54) is 18.2 Å². The number of hydrogen-bond donors (Lipinski definition) is 1. The van der Waals surface area contributed by atoms with Crippen LogP contribution in [0.2, 0.25) is 0 Å². The lowest BCUT2D eigenvalue weighted by Gasteiger charge is -2.14. The third-order valence-electron chi connectivity index (χ3n) is 3.49. The maximum absolute atomic E-state index is 13.0. The molecule has 0 aromatic heterocycles. The number of carbonyl (C=O) groups is 1. The fraction of sp³-hybridized carbons (Fsp3) is 0.500. The Bertz CT molecular complexity index is 447. The molecule has 98 valence electrons. The molecule has 0 bridgehead atoms. The Morgan fingerprint density at radius 3 is 2.83 bits per heavy atom. The van der Waals surface area contributed by atoms with Crippen molar-refractivity contribution in [1.29, 1.82) is 0 Å². The van der Waals surface area contributed by atoms with Crippen LogP contribution in [0.3, 0.4) is 0 Å². The van der Waals surface area contributed by atoms with E-state index >= 15 is 0 Å². The van der Waals surface area contributed by atoms with Crippen molar-refractivity contribution in [3.63, 3.8) is 0 Å². The highest BCUT2D eigenvalue weighted by Gasteiger charge is 2.26. The molecule has 0 aliphatic heterocycles. The van der Waals surface area contributed by atoms with E-state index in [-0.39, 0.29) is 23.9 Å². The number of ether oxygens (including phenoxy) is 1. The summed E-state index contributed by atoms with van der Waals surface area (Å²) in [6, 6.07) is 4.38. The Kier molecular flexibility index (Phi) is 3.97. The second kappa shape index (κ2) is 5.48. The van der Waals surface area contributed by atoms with Gasteiger partial charge in [0, 0.05) is 18.7 Å². The van der Waals surface area contributed by atoms with Gasteiger partial charge in [-0.05, 0) is 49.9 Å². The number of methoxy groups -OCH3 is 1. The Balaban J connectivity index is 2.00. The van der Waals surface area contributed by atoms with Crippen LogP contribution in [-0.2, 0) is 4.74 Å². The maximum Gasteiger partial charge on any atom is 0.251 e. The molecule has 1 N–H and O–H groups in total. The van der Waals surface area contributed by atoms with Gasteiger partial charge in [0.25, 0.3) is 5.91 Å². The first-order chi connectivity index (χ1) is 8.60. The van der Waals surface area contributed by atoms with Crippen LogP contribution in [0.25, 0.3) is 0 Å². The smallest absolute Gasteiger partial charge is 0.251 e. The van der Waals surface area contributed by atoms with Crippen molar-refractivity contribution in [2.75, 3.05) is 7.11 Å².